The van der Waals surface area contributed by atoms with Crippen LogP contribution >= 0.6 is 0 Å². The number of fused-ring (bicyclic) bond motifs is 1. The number of rotatable bonds is 7. The van der Waals surface area contributed by atoms with Gasteiger partial charge in [0.15, 0.2) is 6.61 Å². The van der Waals surface area contributed by atoms with Crippen LogP contribution in [0.15, 0.2) is 21.3 Å². The van der Waals surface area contributed by atoms with Crippen LogP contribution in [0.1, 0.15) is 37.0 Å². The third kappa shape index (κ3) is 4.67. The summed E-state index contributed by atoms with van der Waals surface area (Å²) in [7, 11) is 0. The lowest BCUT2D eigenvalue weighted by Gasteiger charge is -2.17. The van der Waals surface area contributed by atoms with Crippen molar-refractivity contribution in [2.24, 2.45) is 5.92 Å². The lowest BCUT2D eigenvalue weighted by molar-refractivity contribution is -0.142. The molecule has 1 heterocycles. The Morgan fingerprint density at radius 2 is 1.81 bits per heavy atom. The average molecular weight is 375 g/mol. The predicted octanol–water partition coefficient (Wildman–Crippen LogP) is 2.71. The third-order valence-corrected chi connectivity index (χ3v) is 4.52. The Kier molecular flexibility index (Phi) is 6.25. The summed E-state index contributed by atoms with van der Waals surface area (Å²) in [5.74, 6) is -1.07. The fourth-order valence-electron chi connectivity index (χ4n) is 2.85. The van der Waals surface area contributed by atoms with Gasteiger partial charge in [-0.1, -0.05) is 13.8 Å². The maximum absolute atomic E-state index is 12.1. The maximum atomic E-state index is 12.1. The molecule has 1 aromatic heterocycles. The molecule has 0 unspecified atom stereocenters. The van der Waals surface area contributed by atoms with Crippen molar-refractivity contribution in [2.75, 3.05) is 6.61 Å². The Bertz CT molecular complexity index is 928. The van der Waals surface area contributed by atoms with Crippen LogP contribution in [0.25, 0.3) is 11.0 Å². The first-order valence-electron chi connectivity index (χ1n) is 8.80. The number of carboxylic acid groups (broad SMARTS) is 1. The topological polar surface area (TPSA) is 106 Å². The molecule has 0 saturated carbocycles. The summed E-state index contributed by atoms with van der Waals surface area (Å²) in [6.45, 7) is 8.74. The highest BCUT2D eigenvalue weighted by molar-refractivity contribution is 5.86. The number of carboxylic acids is 1. The number of nitrogens with one attached hydrogen (secondary N) is 1. The first-order valence-corrected chi connectivity index (χ1v) is 8.80. The van der Waals surface area contributed by atoms with Crippen molar-refractivity contribution in [1.29, 1.82) is 0 Å². The maximum Gasteiger partial charge on any atom is 0.339 e. The van der Waals surface area contributed by atoms with Crippen LogP contribution in [-0.2, 0) is 9.59 Å². The summed E-state index contributed by atoms with van der Waals surface area (Å²) in [5.41, 5.74) is 2.02. The fraction of sp³-hybridized carbons (Fsp3) is 0.450. The number of benzene rings is 1. The molecule has 0 radical (unpaired) electrons. The standard InChI is InChI=1S/C20H25NO6/c1-10(2)8-15(19(23)24)21-17(22)9-26-16-7-6-14-11(3)12(4)20(25)27-18(14)13(16)5/h6-7,10,15H,8-9H2,1-5H3,(H,21,22)(H,23,24)/t15-/m0/s1. The van der Waals surface area contributed by atoms with E-state index in [1.165, 1.54) is 0 Å². The molecule has 7 nitrogen and oxygen atoms in total. The molecule has 146 valence electrons. The molecule has 0 aliphatic heterocycles. The highest BCUT2D eigenvalue weighted by atomic mass is 16.5. The fourth-order valence-corrected chi connectivity index (χ4v) is 2.85. The van der Waals surface area contributed by atoms with Gasteiger partial charge in [-0.25, -0.2) is 9.59 Å². The zero-order valence-electron chi connectivity index (χ0n) is 16.2. The monoisotopic (exact) mass is 375 g/mol. The largest absolute Gasteiger partial charge is 0.483 e. The minimum Gasteiger partial charge on any atom is -0.483 e. The molecule has 1 amide bonds. The van der Waals surface area contributed by atoms with E-state index < -0.39 is 23.5 Å². The van der Waals surface area contributed by atoms with E-state index in [9.17, 15) is 19.5 Å². The molecule has 2 N–H and O–H groups in total. The predicted molar refractivity (Wildman–Crippen MR) is 101 cm³/mol. The third-order valence-electron chi connectivity index (χ3n) is 4.52. The van der Waals surface area contributed by atoms with Crippen molar-refractivity contribution in [3.05, 3.63) is 39.2 Å². The van der Waals surface area contributed by atoms with Crippen molar-refractivity contribution in [1.82, 2.24) is 5.32 Å². The molecule has 0 saturated heterocycles. The number of amides is 1. The summed E-state index contributed by atoms with van der Waals surface area (Å²) < 4.78 is 10.9. The van der Waals surface area contributed by atoms with Gasteiger partial charge in [0.05, 0.1) is 0 Å². The Hall–Kier alpha value is -2.83. The van der Waals surface area contributed by atoms with Crippen LogP contribution in [0, 0.1) is 26.7 Å². The molecular weight excluding hydrogens is 350 g/mol. The second-order valence-corrected chi connectivity index (χ2v) is 7.08. The minimum absolute atomic E-state index is 0.129. The number of carbonyl (C=O) groups is 2. The van der Waals surface area contributed by atoms with E-state index >= 15 is 0 Å². The molecule has 7 heteroatoms. The van der Waals surface area contributed by atoms with Crippen LogP contribution in [0.5, 0.6) is 5.75 Å². The zero-order chi connectivity index (χ0) is 20.3. The second-order valence-electron chi connectivity index (χ2n) is 7.08. The van der Waals surface area contributed by atoms with Crippen molar-refractivity contribution in [3.8, 4) is 5.75 Å². The Labute approximate surface area is 157 Å². The van der Waals surface area contributed by atoms with Gasteiger partial charge in [-0.05, 0) is 50.8 Å². The number of hydrogen-bond donors (Lipinski definition) is 2. The number of hydrogen-bond acceptors (Lipinski definition) is 5. The van der Waals surface area contributed by atoms with Crippen LogP contribution in [0.4, 0.5) is 0 Å². The van der Waals surface area contributed by atoms with Crippen molar-refractivity contribution in [3.63, 3.8) is 0 Å². The summed E-state index contributed by atoms with van der Waals surface area (Å²) in [6.07, 6.45) is 0.333. The molecule has 27 heavy (non-hydrogen) atoms. The van der Waals surface area contributed by atoms with Gasteiger partial charge in [-0.15, -0.1) is 0 Å². The van der Waals surface area contributed by atoms with Crippen LogP contribution in [-0.4, -0.2) is 29.6 Å². The first-order chi connectivity index (χ1) is 12.6. The molecule has 0 aliphatic carbocycles. The summed E-state index contributed by atoms with van der Waals surface area (Å²) in [5, 5.41) is 12.5. The summed E-state index contributed by atoms with van der Waals surface area (Å²) in [4.78, 5) is 35.2. The number of carbonyl (C=O) groups excluding carboxylic acids is 1. The van der Waals surface area contributed by atoms with Crippen LogP contribution in [0.3, 0.4) is 0 Å². The van der Waals surface area contributed by atoms with Gasteiger partial charge in [-0.2, -0.15) is 0 Å². The minimum atomic E-state index is -1.08. The lowest BCUT2D eigenvalue weighted by Crippen LogP contribution is -2.43. The van der Waals surface area contributed by atoms with Gasteiger partial charge >= 0.3 is 11.6 Å². The Morgan fingerprint density at radius 1 is 1.15 bits per heavy atom. The smallest absolute Gasteiger partial charge is 0.339 e. The van der Waals surface area contributed by atoms with Gasteiger partial charge in [-0.3, -0.25) is 4.79 Å². The van der Waals surface area contributed by atoms with E-state index in [1.807, 2.05) is 20.8 Å². The van der Waals surface area contributed by atoms with E-state index in [4.69, 9.17) is 9.15 Å². The van der Waals surface area contributed by atoms with E-state index in [2.05, 4.69) is 5.32 Å². The Balaban J connectivity index is 2.16. The average Bonchev–Trinajstić information content (AvgIpc) is 2.58. The number of ether oxygens (including phenoxy) is 1. The molecule has 2 rings (SSSR count). The van der Waals surface area contributed by atoms with E-state index in [1.54, 1.807) is 26.0 Å². The molecule has 2 aromatic rings. The zero-order valence-corrected chi connectivity index (χ0v) is 16.2. The first kappa shape index (κ1) is 20.5. The summed E-state index contributed by atoms with van der Waals surface area (Å²) in [6, 6.07) is 2.53. The molecular formula is C20H25NO6. The SMILES string of the molecule is Cc1c(C)c2ccc(OCC(=O)N[C@@H](CC(C)C)C(=O)O)c(C)c2oc1=O. The van der Waals surface area contributed by atoms with E-state index in [-0.39, 0.29) is 12.5 Å². The van der Waals surface area contributed by atoms with Gasteiger partial charge in [0, 0.05) is 16.5 Å². The van der Waals surface area contributed by atoms with E-state index in [0.29, 0.717) is 28.9 Å². The van der Waals surface area contributed by atoms with Gasteiger partial charge in [0.1, 0.15) is 17.4 Å². The quantitative estimate of drug-likeness (QED) is 0.721. The van der Waals surface area contributed by atoms with Crippen molar-refractivity contribution < 1.29 is 23.8 Å². The summed E-state index contributed by atoms with van der Waals surface area (Å²) >= 11 is 0. The molecule has 0 fully saturated rings. The van der Waals surface area contributed by atoms with Crippen LogP contribution in [0.2, 0.25) is 0 Å². The molecule has 1 atom stereocenters. The molecule has 0 aliphatic rings. The van der Waals surface area contributed by atoms with E-state index in [0.717, 1.165) is 10.9 Å². The van der Waals surface area contributed by atoms with Gasteiger partial charge < -0.3 is 19.6 Å². The number of aliphatic carboxylic acids is 1. The van der Waals surface area contributed by atoms with Gasteiger partial charge in [0.2, 0.25) is 0 Å². The van der Waals surface area contributed by atoms with Gasteiger partial charge in [0.25, 0.3) is 5.91 Å². The van der Waals surface area contributed by atoms with Crippen molar-refractivity contribution >= 4 is 22.8 Å². The van der Waals surface area contributed by atoms with Crippen LogP contribution < -0.4 is 15.7 Å². The molecule has 0 spiro atoms. The van der Waals surface area contributed by atoms with Crippen molar-refractivity contribution in [2.45, 2.75) is 47.1 Å². The number of aryl methyl sites for hydroxylation is 2. The highest BCUT2D eigenvalue weighted by Gasteiger charge is 2.21. The normalized spacial score (nSPS) is 12.2. The highest BCUT2D eigenvalue weighted by Crippen LogP contribution is 2.29. The molecule has 1 aromatic carbocycles. The molecule has 0 bridgehead atoms. The second kappa shape index (κ2) is 8.24. The lowest BCUT2D eigenvalue weighted by atomic mass is 10.0. The Morgan fingerprint density at radius 3 is 2.41 bits per heavy atom.